The number of aromatic carboxylic acids is 1. The van der Waals surface area contributed by atoms with Crippen LogP contribution in [0.15, 0.2) is 24.3 Å². The molecule has 0 fully saturated rings. The van der Waals surface area contributed by atoms with E-state index in [0.29, 0.717) is 12.2 Å². The van der Waals surface area contributed by atoms with Gasteiger partial charge in [-0.3, -0.25) is 0 Å². The summed E-state index contributed by atoms with van der Waals surface area (Å²) < 4.78 is 5.15. The standard InChI is InChI=1S/C13H18O3/c1-3-6-10(9-16-2)11-7-4-5-8-12(11)13(14)15/h4-5,7-8,10H,3,6,9H2,1-2H3,(H,14,15). The molecule has 0 aromatic heterocycles. The lowest BCUT2D eigenvalue weighted by atomic mass is 9.91. The molecular formula is C13H18O3. The molecule has 0 saturated heterocycles. The summed E-state index contributed by atoms with van der Waals surface area (Å²) in [7, 11) is 1.64. The minimum absolute atomic E-state index is 0.169. The average Bonchev–Trinajstić information content (AvgIpc) is 2.29. The maximum absolute atomic E-state index is 11.1. The molecule has 0 heterocycles. The van der Waals surface area contributed by atoms with Gasteiger partial charge in [0.25, 0.3) is 0 Å². The molecule has 1 atom stereocenters. The lowest BCUT2D eigenvalue weighted by Crippen LogP contribution is -2.11. The van der Waals surface area contributed by atoms with Crippen molar-refractivity contribution in [1.82, 2.24) is 0 Å². The van der Waals surface area contributed by atoms with Gasteiger partial charge in [-0.25, -0.2) is 4.79 Å². The van der Waals surface area contributed by atoms with E-state index in [2.05, 4.69) is 6.92 Å². The zero-order valence-electron chi connectivity index (χ0n) is 9.77. The van der Waals surface area contributed by atoms with Gasteiger partial charge in [-0.1, -0.05) is 31.5 Å². The van der Waals surface area contributed by atoms with Crippen LogP contribution in [0.3, 0.4) is 0 Å². The molecule has 1 N–H and O–H groups in total. The van der Waals surface area contributed by atoms with E-state index < -0.39 is 5.97 Å². The van der Waals surface area contributed by atoms with Gasteiger partial charge in [0.05, 0.1) is 12.2 Å². The molecule has 3 nitrogen and oxygen atoms in total. The van der Waals surface area contributed by atoms with Gasteiger partial charge in [-0.05, 0) is 18.1 Å². The van der Waals surface area contributed by atoms with Gasteiger partial charge in [-0.15, -0.1) is 0 Å². The first kappa shape index (κ1) is 12.7. The molecule has 0 aliphatic rings. The Morgan fingerprint density at radius 1 is 1.44 bits per heavy atom. The molecule has 0 amide bonds. The summed E-state index contributed by atoms with van der Waals surface area (Å²) >= 11 is 0. The average molecular weight is 222 g/mol. The lowest BCUT2D eigenvalue weighted by molar-refractivity contribution is 0.0694. The van der Waals surface area contributed by atoms with E-state index in [9.17, 15) is 4.79 Å². The zero-order chi connectivity index (χ0) is 12.0. The fourth-order valence-electron chi connectivity index (χ4n) is 1.93. The van der Waals surface area contributed by atoms with E-state index in [-0.39, 0.29) is 5.92 Å². The van der Waals surface area contributed by atoms with E-state index in [1.165, 1.54) is 0 Å². The molecular weight excluding hydrogens is 204 g/mol. The summed E-state index contributed by atoms with van der Waals surface area (Å²) in [4.78, 5) is 11.1. The first-order chi connectivity index (χ1) is 7.70. The van der Waals surface area contributed by atoms with E-state index in [0.717, 1.165) is 18.4 Å². The highest BCUT2D eigenvalue weighted by atomic mass is 16.5. The SMILES string of the molecule is CCCC(COC)c1ccccc1C(=O)O. The van der Waals surface area contributed by atoms with Crippen molar-refractivity contribution in [3.63, 3.8) is 0 Å². The predicted molar refractivity (Wildman–Crippen MR) is 62.9 cm³/mol. The third-order valence-corrected chi connectivity index (χ3v) is 2.64. The highest BCUT2D eigenvalue weighted by molar-refractivity contribution is 5.89. The number of hydrogen-bond acceptors (Lipinski definition) is 2. The smallest absolute Gasteiger partial charge is 0.335 e. The number of carboxylic acid groups (broad SMARTS) is 1. The van der Waals surface area contributed by atoms with Crippen molar-refractivity contribution in [2.24, 2.45) is 0 Å². The molecule has 1 rings (SSSR count). The second-order valence-corrected chi connectivity index (χ2v) is 3.83. The molecule has 1 aromatic rings. The van der Waals surface area contributed by atoms with Crippen molar-refractivity contribution < 1.29 is 14.6 Å². The Labute approximate surface area is 96.1 Å². The molecule has 16 heavy (non-hydrogen) atoms. The highest BCUT2D eigenvalue weighted by Gasteiger charge is 2.17. The largest absolute Gasteiger partial charge is 0.478 e. The number of carbonyl (C=O) groups is 1. The number of hydrogen-bond donors (Lipinski definition) is 1. The molecule has 0 spiro atoms. The molecule has 0 aliphatic carbocycles. The van der Waals surface area contributed by atoms with Gasteiger partial charge in [0.15, 0.2) is 0 Å². The monoisotopic (exact) mass is 222 g/mol. The summed E-state index contributed by atoms with van der Waals surface area (Å²) in [5.41, 5.74) is 1.26. The van der Waals surface area contributed by atoms with Gasteiger partial charge in [-0.2, -0.15) is 0 Å². The van der Waals surface area contributed by atoms with Crippen LogP contribution in [0.4, 0.5) is 0 Å². The van der Waals surface area contributed by atoms with Crippen LogP contribution >= 0.6 is 0 Å². The van der Waals surface area contributed by atoms with Crippen LogP contribution in [-0.2, 0) is 4.74 Å². The van der Waals surface area contributed by atoms with Crippen LogP contribution in [0.1, 0.15) is 41.6 Å². The minimum Gasteiger partial charge on any atom is -0.478 e. The Morgan fingerprint density at radius 3 is 2.69 bits per heavy atom. The molecule has 3 heteroatoms. The normalized spacial score (nSPS) is 12.4. The topological polar surface area (TPSA) is 46.5 Å². The summed E-state index contributed by atoms with van der Waals surface area (Å²) in [5, 5.41) is 9.11. The Bertz CT molecular complexity index is 341. The van der Waals surface area contributed by atoms with Crippen LogP contribution in [0.2, 0.25) is 0 Å². The Hall–Kier alpha value is -1.35. The van der Waals surface area contributed by atoms with E-state index >= 15 is 0 Å². The van der Waals surface area contributed by atoms with Crippen LogP contribution in [-0.4, -0.2) is 24.8 Å². The molecule has 0 aliphatic heterocycles. The maximum Gasteiger partial charge on any atom is 0.335 e. The third kappa shape index (κ3) is 3.07. The highest BCUT2D eigenvalue weighted by Crippen LogP contribution is 2.25. The first-order valence-corrected chi connectivity index (χ1v) is 5.51. The van der Waals surface area contributed by atoms with E-state index in [1.807, 2.05) is 12.1 Å². The molecule has 1 aromatic carbocycles. The Morgan fingerprint density at radius 2 is 2.12 bits per heavy atom. The Balaban J connectivity index is 3.02. The fraction of sp³-hybridized carbons (Fsp3) is 0.462. The van der Waals surface area contributed by atoms with Crippen molar-refractivity contribution in [2.75, 3.05) is 13.7 Å². The number of methoxy groups -OCH3 is 1. The number of carboxylic acids is 1. The minimum atomic E-state index is -0.868. The predicted octanol–water partition coefficient (Wildman–Crippen LogP) is 2.91. The molecule has 0 radical (unpaired) electrons. The van der Waals surface area contributed by atoms with Gasteiger partial charge < -0.3 is 9.84 Å². The quantitative estimate of drug-likeness (QED) is 0.805. The van der Waals surface area contributed by atoms with Crippen molar-refractivity contribution >= 4 is 5.97 Å². The molecule has 0 saturated carbocycles. The Kier molecular flexibility index (Phi) is 4.99. The van der Waals surface area contributed by atoms with Gasteiger partial charge in [0, 0.05) is 13.0 Å². The number of benzene rings is 1. The second kappa shape index (κ2) is 6.28. The van der Waals surface area contributed by atoms with Gasteiger partial charge in [0.2, 0.25) is 0 Å². The van der Waals surface area contributed by atoms with Crippen molar-refractivity contribution in [2.45, 2.75) is 25.7 Å². The lowest BCUT2D eigenvalue weighted by Gasteiger charge is -2.17. The van der Waals surface area contributed by atoms with Crippen LogP contribution in [0.25, 0.3) is 0 Å². The van der Waals surface area contributed by atoms with E-state index in [1.54, 1.807) is 19.2 Å². The van der Waals surface area contributed by atoms with Gasteiger partial charge in [0.1, 0.15) is 0 Å². The third-order valence-electron chi connectivity index (χ3n) is 2.64. The summed E-state index contributed by atoms with van der Waals surface area (Å²) in [6.45, 7) is 2.66. The maximum atomic E-state index is 11.1. The molecule has 0 bridgehead atoms. The number of rotatable bonds is 6. The van der Waals surface area contributed by atoms with Crippen LogP contribution < -0.4 is 0 Å². The van der Waals surface area contributed by atoms with Crippen LogP contribution in [0.5, 0.6) is 0 Å². The summed E-state index contributed by atoms with van der Waals surface area (Å²) in [6, 6.07) is 7.15. The van der Waals surface area contributed by atoms with Crippen LogP contribution in [0, 0.1) is 0 Å². The number of ether oxygens (including phenoxy) is 1. The summed E-state index contributed by atoms with van der Waals surface area (Å²) in [5.74, 6) is -0.699. The first-order valence-electron chi connectivity index (χ1n) is 5.51. The summed E-state index contributed by atoms with van der Waals surface area (Å²) in [6.07, 6.45) is 1.96. The van der Waals surface area contributed by atoms with E-state index in [4.69, 9.17) is 9.84 Å². The van der Waals surface area contributed by atoms with Crippen molar-refractivity contribution in [3.8, 4) is 0 Å². The van der Waals surface area contributed by atoms with Gasteiger partial charge >= 0.3 is 5.97 Å². The fourth-order valence-corrected chi connectivity index (χ4v) is 1.93. The van der Waals surface area contributed by atoms with Crippen molar-refractivity contribution in [3.05, 3.63) is 35.4 Å². The molecule has 1 unspecified atom stereocenters. The van der Waals surface area contributed by atoms with Crippen molar-refractivity contribution in [1.29, 1.82) is 0 Å². The zero-order valence-corrected chi connectivity index (χ0v) is 9.77. The molecule has 88 valence electrons. The second-order valence-electron chi connectivity index (χ2n) is 3.83.